The molecule has 24 heteroatoms. The number of hydrogen-bond donors (Lipinski definition) is 4. The minimum Gasteiger partial charge on any atom is -0.0622 e. The van der Waals surface area contributed by atoms with E-state index in [1.165, 1.54) is 41.6 Å². The fourth-order valence-electron chi connectivity index (χ4n) is 12.5. The summed E-state index contributed by atoms with van der Waals surface area (Å²) in [7, 11) is 12.0. The number of amides is 4. The molecule has 4 N–H and O–H groups in total. The number of aromatic nitrogens is 6. The second kappa shape index (κ2) is 46.2. The first kappa shape index (κ1) is 87.0. The van der Waals surface area contributed by atoms with Crippen molar-refractivity contribution in [1.82, 2.24) is 41.0 Å². The van der Waals surface area contributed by atoms with Crippen LogP contribution in [-0.4, -0.2) is 120 Å². The number of aromatic amines is 2. The van der Waals surface area contributed by atoms with Crippen LogP contribution in [0.5, 0.6) is 11.5 Å². The van der Waals surface area contributed by atoms with E-state index >= 15 is 0 Å². The second-order valence-corrected chi connectivity index (χ2v) is 34.0. The third-order valence-corrected chi connectivity index (χ3v) is 23.7. The van der Waals surface area contributed by atoms with Crippen molar-refractivity contribution in [3.63, 3.8) is 0 Å². The van der Waals surface area contributed by atoms with E-state index in [-0.39, 0.29) is 60.0 Å². The normalized spacial score (nSPS) is 14.9. The molecule has 0 spiro atoms. The topological polar surface area (TPSA) is 219 Å². The minimum atomic E-state index is -0.886. The van der Waals surface area contributed by atoms with Crippen molar-refractivity contribution in [2.45, 2.75) is 58.0 Å². The molecule has 0 radical (unpaired) electrons. The summed E-state index contributed by atoms with van der Waals surface area (Å²) in [6.07, 6.45) is 10.2. The maximum atomic E-state index is 13.2. The third-order valence-electron chi connectivity index (χ3n) is 18.4. The maximum absolute atomic E-state index is 13.2. The molecule has 2 saturated heterocycles. The standard InChI is InChI=1S/C27H27N5O4.C20H18BrN5O3.2C18H15P.C7H10O.CH4.2ClH.Pd/c1-32-22-15-20(8-7-18-11-13-35-14-12-18)9-10-23(22)36-17-21(27(32)34)28-26(33)25-29-24(30-31-25)16-19-5-3-2-4-6-19;1-26-15-10-13(21)7-8-16(15)29-11-14(20(26)28)22-19(27)18-23-17(24-25-18)9-12-5-3-2-4-6-12;2*1-4-10-16(11-5-1)19(17-12-6-2-7-13-17)18-14-8-3-9-15-18;1-2-7-3-5-8-6-4-7;;;;/h2-6,9-10,15,18,21H,11-14,16-17H2,1H3,(H,28,33)(H,29,30,31);2-8,10,14H,9,11H2,1H3,(H,22,27)(H,23,24,25);2*1-15H;1,7H,3-6H2;1H4;2*1H;/q;;;;;;;;+2/p-2/t21-;14-;;;;;;;/m00......./s1. The maximum Gasteiger partial charge on any atom is -0.0134 e. The fraction of sp³-hybridized carbons (Fsp3) is 0.209. The van der Waals surface area contributed by atoms with Crippen molar-refractivity contribution in [2.75, 3.05) is 63.5 Å². The fourth-order valence-corrected chi connectivity index (χ4v) is 17.4. The molecule has 2 aromatic heterocycles. The average Bonchev–Trinajstić information content (AvgIpc) is 1.75. The van der Waals surface area contributed by atoms with Crippen molar-refractivity contribution in [3.8, 4) is 35.7 Å². The summed E-state index contributed by atoms with van der Waals surface area (Å²) in [5, 5.41) is 27.3. The molecular weight excluding hydrogens is 1680 g/mol. The van der Waals surface area contributed by atoms with Gasteiger partial charge in [-0.3, -0.25) is 29.4 Å². The number of nitrogens with zero attached hydrogens (tertiary/aromatic N) is 6. The van der Waals surface area contributed by atoms with Gasteiger partial charge in [-0.25, -0.2) is 9.97 Å². The minimum absolute atomic E-state index is 0. The van der Waals surface area contributed by atoms with Crippen LogP contribution in [0.3, 0.4) is 0 Å². The number of carbonyl (C=O) groups excluding carboxylic acids is 4. The van der Waals surface area contributed by atoms with Gasteiger partial charge in [0.1, 0.15) is 48.4 Å². The predicted molar refractivity (Wildman–Crippen MR) is 464 cm³/mol. The van der Waals surface area contributed by atoms with E-state index < -0.39 is 39.7 Å². The summed E-state index contributed by atoms with van der Waals surface area (Å²) in [6, 6.07) is 93.3. The number of terminal acetylenes is 1. The van der Waals surface area contributed by atoms with Gasteiger partial charge in [0.05, 0.1) is 11.4 Å². The summed E-state index contributed by atoms with van der Waals surface area (Å²) >= 11 is 3.29. The Labute approximate surface area is 700 Å². The molecule has 0 aliphatic carbocycles. The smallest absolute Gasteiger partial charge is 0.0134 e. The van der Waals surface area contributed by atoms with Crippen LogP contribution in [0, 0.1) is 36.0 Å². The van der Waals surface area contributed by atoms with Gasteiger partial charge >= 0.3 is 35.0 Å². The number of H-pyrrole nitrogens is 2. The molecule has 18 nitrogen and oxygen atoms in total. The van der Waals surface area contributed by atoms with Gasteiger partial charge in [-0.05, 0) is 121 Å². The first-order valence-electron chi connectivity index (χ1n) is 37.0. The molecule has 2 fully saturated rings. The molecule has 12 aromatic rings. The molecule has 0 saturated carbocycles. The van der Waals surface area contributed by atoms with Crippen LogP contribution in [0.4, 0.5) is 11.4 Å². The van der Waals surface area contributed by atoms with E-state index in [1.807, 2.05) is 84.9 Å². The molecule has 0 unspecified atom stereocenters. The van der Waals surface area contributed by atoms with E-state index in [2.05, 4.69) is 257 Å². The van der Waals surface area contributed by atoms with Gasteiger partial charge in [0, 0.05) is 75.2 Å². The van der Waals surface area contributed by atoms with Crippen LogP contribution in [0.25, 0.3) is 0 Å². The van der Waals surface area contributed by atoms with Gasteiger partial charge in [-0.15, -0.1) is 22.5 Å². The van der Waals surface area contributed by atoms with Crippen LogP contribution < -0.4 is 61.7 Å². The molecule has 2 atom stereocenters. The second-order valence-electron chi connectivity index (χ2n) is 26.2. The zero-order valence-corrected chi connectivity index (χ0v) is 69.2. The van der Waals surface area contributed by atoms with E-state index in [9.17, 15) is 19.2 Å². The van der Waals surface area contributed by atoms with Gasteiger partial charge in [0.25, 0.3) is 23.6 Å². The van der Waals surface area contributed by atoms with Crippen molar-refractivity contribution >= 4 is 118 Å². The largest absolute Gasteiger partial charge is 0.0622 e. The number of anilines is 2. The summed E-state index contributed by atoms with van der Waals surface area (Å²) < 4.78 is 22.9. The van der Waals surface area contributed by atoms with Gasteiger partial charge in [-0.1, -0.05) is 278 Å². The first-order valence-corrected chi connectivity index (χ1v) is 44.4. The van der Waals surface area contributed by atoms with E-state index in [4.69, 9.17) is 44.4 Å². The van der Waals surface area contributed by atoms with Crippen LogP contribution in [0.1, 0.15) is 82.7 Å². The number of fused-ring (bicyclic) bond motifs is 2. The Morgan fingerprint density at radius 2 is 0.817 bits per heavy atom. The summed E-state index contributed by atoms with van der Waals surface area (Å²) in [6.45, 7) is 3.21. The molecule has 6 heterocycles. The van der Waals surface area contributed by atoms with Gasteiger partial charge in [0.15, 0.2) is 0 Å². The van der Waals surface area contributed by atoms with Gasteiger partial charge in [0.2, 0.25) is 11.6 Å². The number of benzene rings is 10. The number of halogens is 3. The van der Waals surface area contributed by atoms with Crippen molar-refractivity contribution < 1.29 is 54.1 Å². The number of likely N-dealkylation sites (N-methyl/N-ethyl adjacent to an activating group) is 2. The number of carbonyl (C=O) groups is 4. The van der Waals surface area contributed by atoms with Crippen molar-refractivity contribution in [2.24, 2.45) is 11.8 Å². The van der Waals surface area contributed by atoms with Crippen LogP contribution in [0.2, 0.25) is 0 Å². The molecular formula is C91H89BrCl2N10O8P2Pd. The zero-order valence-electron chi connectivity index (χ0n) is 62.7. The van der Waals surface area contributed by atoms with Crippen molar-refractivity contribution in [1.29, 1.82) is 0 Å². The predicted octanol–water partition coefficient (Wildman–Crippen LogP) is 14.6. The van der Waals surface area contributed by atoms with Crippen LogP contribution in [0.15, 0.2) is 284 Å². The Morgan fingerprint density at radius 3 is 1.16 bits per heavy atom. The summed E-state index contributed by atoms with van der Waals surface area (Å²) in [5.41, 5.74) is 4.14. The number of nitrogens with one attached hydrogen (secondary N) is 4. The first-order chi connectivity index (χ1) is 55.8. The Balaban J connectivity index is 0.000000159. The molecule has 4 aliphatic heterocycles. The molecule has 0 bridgehead atoms. The third kappa shape index (κ3) is 26.0. The van der Waals surface area contributed by atoms with Crippen LogP contribution >= 0.6 is 50.8 Å². The average molecular weight is 1770 g/mol. The van der Waals surface area contributed by atoms with Gasteiger partial charge in [-0.2, -0.15) is 0 Å². The van der Waals surface area contributed by atoms with Crippen LogP contribution in [-0.2, 0) is 47.8 Å². The molecule has 592 valence electrons. The van der Waals surface area contributed by atoms with Gasteiger partial charge < -0.3 is 39.4 Å². The summed E-state index contributed by atoms with van der Waals surface area (Å²) in [5.74, 6) is 10.6. The molecule has 16 rings (SSSR count). The summed E-state index contributed by atoms with van der Waals surface area (Å²) in [4.78, 5) is 62.8. The van der Waals surface area contributed by atoms with Crippen molar-refractivity contribution in [3.05, 3.63) is 324 Å². The molecule has 4 aliphatic rings. The Hall–Kier alpha value is -10.4. The Bertz CT molecular complexity index is 4800. The SMILES string of the molecule is C.C#CC1CCOCC1.CN1C(=O)[C@@H](NC(=O)c2n[nH]c(Cc3ccccc3)n2)COc2ccc(Br)cc21.CN1C(=O)[C@@H](NC(=O)c2n[nH]c(Cc3ccccc3)n2)COc2ccc(C#CC3CCOCC3)cc21.[Cl][Pd][Cl].c1ccc(P(c2ccccc2)c2ccccc2)cc1.c1ccc(P(c2ccccc2)c2ccccc2)cc1. The Kier molecular flexibility index (Phi) is 35.0. The Morgan fingerprint density at radius 1 is 0.496 bits per heavy atom. The number of ether oxygens (including phenoxy) is 4. The number of hydrogen-bond acceptors (Lipinski definition) is 12. The monoisotopic (exact) mass is 1770 g/mol. The van der Waals surface area contributed by atoms with E-state index in [0.717, 1.165) is 73.3 Å². The number of rotatable bonds is 14. The molecule has 4 amide bonds. The molecule has 115 heavy (non-hydrogen) atoms. The molecule has 10 aromatic carbocycles. The van der Waals surface area contributed by atoms with E-state index in [0.29, 0.717) is 59.2 Å². The van der Waals surface area contributed by atoms with E-state index in [1.54, 1.807) is 26.2 Å². The quantitative estimate of drug-likeness (QED) is 0.0454. The zero-order chi connectivity index (χ0) is 79.6.